The van der Waals surface area contributed by atoms with Gasteiger partial charge in [-0.05, 0) is 43.5 Å². The molecular weight excluding hydrogens is 412 g/mol. The minimum atomic E-state index is -4.02. The number of nitrogens with zero attached hydrogens (tertiary/aromatic N) is 1. The molecule has 4 rings (SSSR count). The predicted molar refractivity (Wildman–Crippen MR) is 103 cm³/mol. The van der Waals surface area contributed by atoms with Crippen LogP contribution in [0.5, 0.6) is 11.5 Å². The van der Waals surface area contributed by atoms with Gasteiger partial charge in [0, 0.05) is 29.8 Å². The first-order chi connectivity index (χ1) is 12.8. The number of halogens is 1. The highest BCUT2D eigenvalue weighted by Gasteiger charge is 2.30. The van der Waals surface area contributed by atoms with Crippen LogP contribution in [0.15, 0.2) is 46.2 Å². The zero-order valence-corrected chi connectivity index (χ0v) is 16.6. The lowest BCUT2D eigenvalue weighted by Crippen LogP contribution is -2.30. The van der Waals surface area contributed by atoms with Gasteiger partial charge in [-0.15, -0.1) is 0 Å². The number of hydrogen-bond donors (Lipinski definition) is 1. The Morgan fingerprint density at radius 2 is 1.78 bits per heavy atom. The maximum atomic E-state index is 12.9. The van der Waals surface area contributed by atoms with Crippen molar-refractivity contribution in [1.29, 1.82) is 0 Å². The van der Waals surface area contributed by atoms with Crippen molar-refractivity contribution in [2.45, 2.75) is 29.1 Å². The molecule has 2 aliphatic rings. The molecule has 7 nitrogen and oxygen atoms in total. The number of piperidine rings is 1. The molecule has 0 radical (unpaired) electrons. The van der Waals surface area contributed by atoms with Crippen LogP contribution in [0.3, 0.4) is 0 Å². The van der Waals surface area contributed by atoms with E-state index >= 15 is 0 Å². The number of anilines is 2. The highest BCUT2D eigenvalue weighted by Crippen LogP contribution is 2.44. The lowest BCUT2D eigenvalue weighted by atomic mass is 10.1. The molecule has 0 unspecified atom stereocenters. The van der Waals surface area contributed by atoms with E-state index in [9.17, 15) is 16.8 Å². The molecule has 144 valence electrons. The Kier molecular flexibility index (Phi) is 4.48. The summed E-state index contributed by atoms with van der Waals surface area (Å²) in [5, 5.41) is 0. The molecule has 0 amide bonds. The quantitative estimate of drug-likeness (QED) is 0.736. The molecule has 2 heterocycles. The SMILES string of the molecule is O=S(=O)(Cl)c1ccc2c(c1)Oc1cccc(N3CCCCC3)c1NS2(=O)=O. The number of ether oxygens (including phenoxy) is 1. The second kappa shape index (κ2) is 6.57. The minimum absolute atomic E-state index is 0.0845. The van der Waals surface area contributed by atoms with Crippen molar-refractivity contribution < 1.29 is 21.6 Å². The first-order valence-corrected chi connectivity index (χ1v) is 12.2. The predicted octanol–water partition coefficient (Wildman–Crippen LogP) is 3.51. The first-order valence-electron chi connectivity index (χ1n) is 8.43. The molecule has 0 saturated carbocycles. The summed E-state index contributed by atoms with van der Waals surface area (Å²) < 4.78 is 57.4. The topological polar surface area (TPSA) is 92.8 Å². The molecule has 0 bridgehead atoms. The van der Waals surface area contributed by atoms with Gasteiger partial charge >= 0.3 is 0 Å². The van der Waals surface area contributed by atoms with Crippen LogP contribution in [0.25, 0.3) is 0 Å². The lowest BCUT2D eigenvalue weighted by molar-refractivity contribution is 0.470. The molecule has 1 saturated heterocycles. The summed E-state index contributed by atoms with van der Waals surface area (Å²) in [5.41, 5.74) is 1.10. The highest BCUT2D eigenvalue weighted by molar-refractivity contribution is 8.13. The number of fused-ring (bicyclic) bond motifs is 2. The Labute approximate surface area is 162 Å². The average Bonchev–Trinajstić information content (AvgIpc) is 2.74. The smallest absolute Gasteiger partial charge is 0.265 e. The van der Waals surface area contributed by atoms with Gasteiger partial charge < -0.3 is 9.64 Å². The summed E-state index contributed by atoms with van der Waals surface area (Å²) in [5.74, 6) is 0.225. The Hall–Kier alpha value is -1.97. The number of nitrogens with one attached hydrogen (secondary N) is 1. The third kappa shape index (κ3) is 3.46. The summed E-state index contributed by atoms with van der Waals surface area (Å²) >= 11 is 0. The number of hydrogen-bond acceptors (Lipinski definition) is 6. The average molecular weight is 429 g/mol. The van der Waals surface area contributed by atoms with E-state index in [0.717, 1.165) is 50.2 Å². The monoisotopic (exact) mass is 428 g/mol. The molecule has 0 aromatic heterocycles. The summed E-state index contributed by atoms with van der Waals surface area (Å²) in [6.07, 6.45) is 3.22. The van der Waals surface area contributed by atoms with E-state index in [1.54, 1.807) is 12.1 Å². The van der Waals surface area contributed by atoms with Crippen molar-refractivity contribution >= 4 is 41.1 Å². The Balaban J connectivity index is 1.86. The second-order valence-corrected chi connectivity index (χ2v) is 10.7. The van der Waals surface area contributed by atoms with Crippen LogP contribution >= 0.6 is 10.7 Å². The van der Waals surface area contributed by atoms with Gasteiger partial charge in [0.05, 0.1) is 10.6 Å². The van der Waals surface area contributed by atoms with Gasteiger partial charge in [-0.1, -0.05) is 6.07 Å². The normalized spacial score (nSPS) is 18.5. The molecule has 27 heavy (non-hydrogen) atoms. The fraction of sp³-hybridized carbons (Fsp3) is 0.294. The third-order valence-corrected chi connectivity index (χ3v) is 7.38. The van der Waals surface area contributed by atoms with Crippen LogP contribution in [0.2, 0.25) is 0 Å². The molecule has 10 heteroatoms. The van der Waals surface area contributed by atoms with Crippen molar-refractivity contribution in [2.24, 2.45) is 0 Å². The maximum absolute atomic E-state index is 12.9. The van der Waals surface area contributed by atoms with Crippen LogP contribution in [0, 0.1) is 0 Å². The van der Waals surface area contributed by atoms with Crippen molar-refractivity contribution in [3.8, 4) is 11.5 Å². The van der Waals surface area contributed by atoms with Crippen LogP contribution in [0.1, 0.15) is 19.3 Å². The number of sulfonamides is 1. The van der Waals surface area contributed by atoms with E-state index in [4.69, 9.17) is 15.4 Å². The summed E-state index contributed by atoms with van der Waals surface area (Å²) in [6.45, 7) is 1.67. The Morgan fingerprint density at radius 1 is 1.04 bits per heavy atom. The molecule has 2 aromatic rings. The standard InChI is InChI=1S/C17H17ClN2O5S2/c18-26(21,22)12-7-8-16-15(11-12)25-14-6-4-5-13(17(14)19-27(16,23)24)20-9-2-1-3-10-20/h4-8,11,19H,1-3,9-10H2. The van der Waals surface area contributed by atoms with E-state index in [1.165, 1.54) is 6.07 Å². The van der Waals surface area contributed by atoms with Crippen LogP contribution in [-0.4, -0.2) is 29.9 Å². The zero-order valence-electron chi connectivity index (χ0n) is 14.2. The number of para-hydroxylation sites is 1. The van der Waals surface area contributed by atoms with E-state index in [-0.39, 0.29) is 15.5 Å². The molecule has 1 N–H and O–H groups in total. The molecular formula is C17H17ClN2O5S2. The Bertz CT molecular complexity index is 1110. The molecule has 0 spiro atoms. The summed E-state index contributed by atoms with van der Waals surface area (Å²) in [4.78, 5) is 1.75. The maximum Gasteiger partial charge on any atom is 0.265 e. The van der Waals surface area contributed by atoms with Gasteiger partial charge in [-0.3, -0.25) is 4.72 Å². The number of benzene rings is 2. The van der Waals surface area contributed by atoms with Gasteiger partial charge in [0.1, 0.15) is 16.3 Å². The fourth-order valence-corrected chi connectivity index (χ4v) is 5.32. The van der Waals surface area contributed by atoms with Gasteiger partial charge in [0.15, 0.2) is 5.75 Å². The highest BCUT2D eigenvalue weighted by atomic mass is 35.7. The van der Waals surface area contributed by atoms with Crippen LogP contribution < -0.4 is 14.4 Å². The molecule has 2 aliphatic heterocycles. The summed E-state index contributed by atoms with van der Waals surface area (Å²) in [7, 11) is -2.59. The first kappa shape index (κ1) is 18.4. The van der Waals surface area contributed by atoms with Gasteiger partial charge in [-0.2, -0.15) is 0 Å². The summed E-state index contributed by atoms with van der Waals surface area (Å²) in [6, 6.07) is 8.72. The van der Waals surface area contributed by atoms with Crippen molar-refractivity contribution in [2.75, 3.05) is 22.7 Å². The van der Waals surface area contributed by atoms with Gasteiger partial charge in [-0.25, -0.2) is 16.8 Å². The van der Waals surface area contributed by atoms with Crippen LogP contribution in [0.4, 0.5) is 11.4 Å². The largest absolute Gasteiger partial charge is 0.454 e. The number of rotatable bonds is 2. The lowest BCUT2D eigenvalue weighted by Gasteiger charge is -2.30. The van der Waals surface area contributed by atoms with E-state index in [0.29, 0.717) is 11.4 Å². The third-order valence-electron chi connectivity index (χ3n) is 4.64. The van der Waals surface area contributed by atoms with Crippen molar-refractivity contribution in [1.82, 2.24) is 0 Å². The van der Waals surface area contributed by atoms with Gasteiger partial charge in [0.2, 0.25) is 0 Å². The molecule has 1 fully saturated rings. The zero-order chi connectivity index (χ0) is 19.2. The minimum Gasteiger partial charge on any atom is -0.454 e. The van der Waals surface area contributed by atoms with Crippen molar-refractivity contribution in [3.05, 3.63) is 36.4 Å². The van der Waals surface area contributed by atoms with E-state index < -0.39 is 19.1 Å². The van der Waals surface area contributed by atoms with Crippen molar-refractivity contribution in [3.63, 3.8) is 0 Å². The molecule has 2 aromatic carbocycles. The van der Waals surface area contributed by atoms with Crippen LogP contribution in [-0.2, 0) is 19.1 Å². The Morgan fingerprint density at radius 3 is 2.48 bits per heavy atom. The van der Waals surface area contributed by atoms with Gasteiger partial charge in [0.25, 0.3) is 19.1 Å². The molecule has 0 atom stereocenters. The fourth-order valence-electron chi connectivity index (χ4n) is 3.36. The molecule has 0 aliphatic carbocycles. The van der Waals surface area contributed by atoms with E-state index in [2.05, 4.69) is 9.62 Å². The van der Waals surface area contributed by atoms with E-state index in [1.807, 2.05) is 6.07 Å². The second-order valence-electron chi connectivity index (χ2n) is 6.45.